The number of sulfone groups is 1. The summed E-state index contributed by atoms with van der Waals surface area (Å²) in [4.78, 5) is 22.6. The normalized spacial score (nSPS) is 11.4. The molecule has 4 rings (SSSR count). The minimum absolute atomic E-state index is 0.159. The molecule has 0 fully saturated rings. The van der Waals surface area contributed by atoms with Gasteiger partial charge in [0.25, 0.3) is 0 Å². The first-order chi connectivity index (χ1) is 15.3. The van der Waals surface area contributed by atoms with Crippen molar-refractivity contribution < 1.29 is 13.2 Å². The highest BCUT2D eigenvalue weighted by Crippen LogP contribution is 2.38. The van der Waals surface area contributed by atoms with Crippen molar-refractivity contribution in [2.24, 2.45) is 7.05 Å². The molecule has 2 heterocycles. The van der Waals surface area contributed by atoms with Crippen LogP contribution in [-0.4, -0.2) is 34.6 Å². The Morgan fingerprint density at radius 1 is 1.09 bits per heavy atom. The largest absolute Gasteiger partial charge is 0.333 e. The molecule has 0 radical (unpaired) electrons. The monoisotopic (exact) mass is 466 g/mol. The fourth-order valence-electron chi connectivity index (χ4n) is 3.17. The second-order valence-electron chi connectivity index (χ2n) is 7.35. The van der Waals surface area contributed by atoms with Crippen molar-refractivity contribution in [1.29, 1.82) is 0 Å². The number of carbonyl (C=O) groups is 1. The Labute approximate surface area is 190 Å². The van der Waals surface area contributed by atoms with Crippen molar-refractivity contribution in [2.45, 2.75) is 18.2 Å². The average Bonchev–Trinajstić information content (AvgIpc) is 3.39. The van der Waals surface area contributed by atoms with Gasteiger partial charge in [0.05, 0.1) is 21.2 Å². The molecule has 0 atom stereocenters. The van der Waals surface area contributed by atoms with Crippen LogP contribution in [0.4, 0.5) is 5.13 Å². The van der Waals surface area contributed by atoms with E-state index in [9.17, 15) is 13.2 Å². The number of hydrogen-bond acceptors (Lipinski definition) is 6. The van der Waals surface area contributed by atoms with Crippen molar-refractivity contribution >= 4 is 32.2 Å². The summed E-state index contributed by atoms with van der Waals surface area (Å²) in [5.41, 5.74) is 2.60. The van der Waals surface area contributed by atoms with Gasteiger partial charge in [-0.05, 0) is 19.1 Å². The summed E-state index contributed by atoms with van der Waals surface area (Å²) in [6, 6.07) is 16.3. The number of carbonyl (C=O) groups excluding carboxylic acids is 1. The van der Waals surface area contributed by atoms with E-state index in [1.165, 1.54) is 11.3 Å². The molecule has 0 spiro atoms. The number of amides is 1. The van der Waals surface area contributed by atoms with Gasteiger partial charge in [-0.3, -0.25) is 4.79 Å². The van der Waals surface area contributed by atoms with E-state index in [4.69, 9.17) is 0 Å². The van der Waals surface area contributed by atoms with Gasteiger partial charge < -0.3 is 9.88 Å². The first-order valence-corrected chi connectivity index (χ1v) is 12.4. The Balaban J connectivity index is 1.53. The van der Waals surface area contributed by atoms with Gasteiger partial charge in [0, 0.05) is 31.4 Å². The average molecular weight is 467 g/mol. The standard InChI is InChI=1S/C23H22N4O3S2/c1-16-8-10-18(11-9-16)32(29,30)15-12-19(28)25-23-26-20(17-6-4-3-5-7-17)21(31-23)22-24-13-14-27(22)2/h3-11,13-14H,12,15H2,1-2H3,(H,25,26,28). The number of nitrogens with zero attached hydrogens (tertiary/aromatic N) is 3. The number of aryl methyl sites for hydroxylation is 2. The van der Waals surface area contributed by atoms with Crippen LogP contribution in [0.2, 0.25) is 0 Å². The lowest BCUT2D eigenvalue weighted by Gasteiger charge is -2.05. The van der Waals surface area contributed by atoms with Gasteiger partial charge in [0.15, 0.2) is 20.8 Å². The highest BCUT2D eigenvalue weighted by Gasteiger charge is 2.21. The van der Waals surface area contributed by atoms with Crippen LogP contribution in [-0.2, 0) is 21.7 Å². The van der Waals surface area contributed by atoms with Crippen LogP contribution in [0, 0.1) is 6.92 Å². The van der Waals surface area contributed by atoms with Gasteiger partial charge in [0.2, 0.25) is 5.91 Å². The summed E-state index contributed by atoms with van der Waals surface area (Å²) >= 11 is 1.31. The number of rotatable bonds is 7. The SMILES string of the molecule is Cc1ccc(S(=O)(=O)CCC(=O)Nc2nc(-c3ccccc3)c(-c3nccn3C)s2)cc1. The summed E-state index contributed by atoms with van der Waals surface area (Å²) < 4.78 is 27.0. The molecule has 2 aromatic heterocycles. The number of aromatic nitrogens is 3. The Bertz CT molecular complexity index is 1340. The minimum Gasteiger partial charge on any atom is -0.333 e. The summed E-state index contributed by atoms with van der Waals surface area (Å²) in [5, 5.41) is 3.16. The van der Waals surface area contributed by atoms with Gasteiger partial charge in [0.1, 0.15) is 0 Å². The van der Waals surface area contributed by atoms with E-state index in [1.54, 1.807) is 30.5 Å². The zero-order chi connectivity index (χ0) is 22.7. The molecule has 7 nitrogen and oxygen atoms in total. The van der Waals surface area contributed by atoms with Gasteiger partial charge in [-0.1, -0.05) is 59.4 Å². The van der Waals surface area contributed by atoms with E-state index >= 15 is 0 Å². The third-order valence-corrected chi connectivity index (χ3v) is 7.62. The third kappa shape index (κ3) is 4.79. The van der Waals surface area contributed by atoms with Gasteiger partial charge in [-0.15, -0.1) is 0 Å². The van der Waals surface area contributed by atoms with Crippen LogP contribution < -0.4 is 5.32 Å². The van der Waals surface area contributed by atoms with Crippen molar-refractivity contribution in [3.63, 3.8) is 0 Å². The number of imidazole rings is 1. The maximum Gasteiger partial charge on any atom is 0.227 e. The van der Waals surface area contributed by atoms with E-state index in [-0.39, 0.29) is 17.1 Å². The number of thiazole rings is 1. The number of nitrogens with one attached hydrogen (secondary N) is 1. The fraction of sp³-hybridized carbons (Fsp3) is 0.174. The molecule has 0 bridgehead atoms. The fourth-order valence-corrected chi connectivity index (χ4v) is 5.46. The maximum absolute atomic E-state index is 12.5. The highest BCUT2D eigenvalue weighted by atomic mass is 32.2. The molecule has 164 valence electrons. The first kappa shape index (κ1) is 21.9. The predicted molar refractivity (Wildman–Crippen MR) is 126 cm³/mol. The van der Waals surface area contributed by atoms with E-state index in [1.807, 2.05) is 55.1 Å². The van der Waals surface area contributed by atoms with Crippen molar-refractivity contribution in [2.75, 3.05) is 11.1 Å². The van der Waals surface area contributed by atoms with Gasteiger partial charge in [-0.25, -0.2) is 18.4 Å². The van der Waals surface area contributed by atoms with Crippen LogP contribution in [0.25, 0.3) is 22.0 Å². The summed E-state index contributed by atoms with van der Waals surface area (Å²) in [6.07, 6.45) is 3.39. The lowest BCUT2D eigenvalue weighted by atomic mass is 10.1. The van der Waals surface area contributed by atoms with Crippen molar-refractivity contribution in [3.8, 4) is 22.0 Å². The topological polar surface area (TPSA) is 93.9 Å². The summed E-state index contributed by atoms with van der Waals surface area (Å²) in [7, 11) is -1.65. The Morgan fingerprint density at radius 3 is 2.47 bits per heavy atom. The number of hydrogen-bond donors (Lipinski definition) is 1. The molecule has 32 heavy (non-hydrogen) atoms. The molecule has 4 aromatic rings. The lowest BCUT2D eigenvalue weighted by Crippen LogP contribution is -2.17. The molecule has 0 unspecified atom stereocenters. The predicted octanol–water partition coefficient (Wildman–Crippen LogP) is 4.32. The molecule has 1 N–H and O–H groups in total. The molecule has 0 aliphatic carbocycles. The first-order valence-electron chi connectivity index (χ1n) is 9.97. The third-order valence-electron chi connectivity index (χ3n) is 4.92. The van der Waals surface area contributed by atoms with E-state index in [0.29, 0.717) is 10.8 Å². The van der Waals surface area contributed by atoms with E-state index < -0.39 is 15.7 Å². The zero-order valence-corrected chi connectivity index (χ0v) is 19.3. The van der Waals surface area contributed by atoms with Crippen molar-refractivity contribution in [3.05, 3.63) is 72.6 Å². The molecule has 0 aliphatic heterocycles. The Morgan fingerprint density at radius 2 is 1.81 bits per heavy atom. The maximum atomic E-state index is 12.5. The number of anilines is 1. The van der Waals surface area contributed by atoms with Crippen LogP contribution in [0.1, 0.15) is 12.0 Å². The highest BCUT2D eigenvalue weighted by molar-refractivity contribution is 7.91. The Kier molecular flexibility index (Phi) is 6.20. The molecular formula is C23H22N4O3S2. The Hall–Kier alpha value is -3.30. The lowest BCUT2D eigenvalue weighted by molar-refractivity contribution is -0.115. The second-order valence-corrected chi connectivity index (χ2v) is 10.5. The molecule has 0 saturated heterocycles. The molecule has 1 amide bonds. The zero-order valence-electron chi connectivity index (χ0n) is 17.6. The molecular weight excluding hydrogens is 444 g/mol. The quantitative estimate of drug-likeness (QED) is 0.438. The minimum atomic E-state index is -3.54. The van der Waals surface area contributed by atoms with E-state index in [0.717, 1.165) is 21.8 Å². The van der Waals surface area contributed by atoms with Crippen molar-refractivity contribution in [1.82, 2.24) is 14.5 Å². The smallest absolute Gasteiger partial charge is 0.227 e. The van der Waals surface area contributed by atoms with Gasteiger partial charge in [-0.2, -0.15) is 0 Å². The van der Waals surface area contributed by atoms with E-state index in [2.05, 4.69) is 15.3 Å². The summed E-state index contributed by atoms with van der Waals surface area (Å²) in [6.45, 7) is 1.89. The van der Waals surface area contributed by atoms with Crippen LogP contribution in [0.15, 0.2) is 71.9 Å². The summed E-state index contributed by atoms with van der Waals surface area (Å²) in [5.74, 6) is 0.0645. The second kappa shape index (κ2) is 9.05. The molecule has 2 aromatic carbocycles. The molecule has 9 heteroatoms. The van der Waals surface area contributed by atoms with Crippen LogP contribution in [0.5, 0.6) is 0 Å². The van der Waals surface area contributed by atoms with Crippen LogP contribution >= 0.6 is 11.3 Å². The van der Waals surface area contributed by atoms with Gasteiger partial charge >= 0.3 is 0 Å². The molecule has 0 saturated carbocycles. The van der Waals surface area contributed by atoms with Crippen LogP contribution in [0.3, 0.4) is 0 Å². The number of benzene rings is 2. The molecule has 0 aliphatic rings.